The zero-order valence-electron chi connectivity index (χ0n) is 14.4. The first-order chi connectivity index (χ1) is 12.9. The van der Waals surface area contributed by atoms with Crippen LogP contribution >= 0.6 is 0 Å². The Bertz CT molecular complexity index is 1150. The summed E-state index contributed by atoms with van der Waals surface area (Å²) in [5.41, 5.74) is 0.650. The summed E-state index contributed by atoms with van der Waals surface area (Å²) in [7, 11) is -3.17. The Morgan fingerprint density at radius 3 is 2.56 bits per heavy atom. The molecule has 0 radical (unpaired) electrons. The van der Waals surface area contributed by atoms with Crippen LogP contribution in [0.3, 0.4) is 0 Å². The number of hydrogen-bond donors (Lipinski definition) is 0. The average Bonchev–Trinajstić information content (AvgIpc) is 3.16. The van der Waals surface area contributed by atoms with E-state index in [0.717, 1.165) is 4.68 Å². The highest BCUT2D eigenvalue weighted by atomic mass is 32.2. The van der Waals surface area contributed by atoms with E-state index < -0.39 is 21.6 Å². The minimum absolute atomic E-state index is 0.0581. The van der Waals surface area contributed by atoms with Gasteiger partial charge in [-0.1, -0.05) is 24.3 Å². The molecule has 9 heteroatoms. The highest BCUT2D eigenvalue weighted by molar-refractivity contribution is 7.91. The molecule has 3 aromatic rings. The molecule has 1 unspecified atom stereocenters. The number of hydrogen-bond acceptors (Lipinski definition) is 5. The fourth-order valence-corrected chi connectivity index (χ4v) is 5.10. The molecule has 3 heterocycles. The van der Waals surface area contributed by atoms with Crippen LogP contribution in [0.1, 0.15) is 6.42 Å². The second-order valence-electron chi connectivity index (χ2n) is 6.53. The van der Waals surface area contributed by atoms with Gasteiger partial charge in [-0.3, -0.25) is 9.20 Å². The number of nitrogens with zero attached hydrogens (tertiary/aromatic N) is 4. The van der Waals surface area contributed by atoms with Crippen molar-refractivity contribution in [2.45, 2.75) is 19.0 Å². The molecule has 0 spiro atoms. The Morgan fingerprint density at radius 1 is 1.15 bits per heavy atom. The Labute approximate surface area is 155 Å². The topological polar surface area (TPSA) is 93.8 Å². The van der Waals surface area contributed by atoms with Crippen molar-refractivity contribution in [1.29, 1.82) is 0 Å². The molecule has 140 valence electrons. The van der Waals surface area contributed by atoms with E-state index in [2.05, 4.69) is 5.10 Å². The quantitative estimate of drug-likeness (QED) is 0.659. The highest BCUT2D eigenvalue weighted by Gasteiger charge is 2.35. The maximum atomic E-state index is 13.1. The smallest absolute Gasteiger partial charge is 0.307 e. The monoisotopic (exact) mass is 386 g/mol. The second-order valence-corrected chi connectivity index (χ2v) is 8.75. The van der Waals surface area contributed by atoms with Gasteiger partial charge in [0.05, 0.1) is 17.5 Å². The van der Waals surface area contributed by atoms with E-state index >= 15 is 0 Å². The van der Waals surface area contributed by atoms with Crippen molar-refractivity contribution in [3.8, 4) is 0 Å². The van der Waals surface area contributed by atoms with Gasteiger partial charge in [0.1, 0.15) is 6.54 Å². The molecule has 1 atom stereocenters. The SMILES string of the molecule is O=C(Cn1nc2ccccn2c1=O)N(c1ccccc1)C1CCS(=O)(=O)C1. The normalized spacial score (nSPS) is 18.6. The van der Waals surface area contributed by atoms with E-state index in [0.29, 0.717) is 17.8 Å². The molecule has 1 aliphatic heterocycles. The molecule has 1 aromatic carbocycles. The van der Waals surface area contributed by atoms with E-state index in [-0.39, 0.29) is 24.0 Å². The van der Waals surface area contributed by atoms with Crippen LogP contribution in [0.5, 0.6) is 0 Å². The molecule has 0 saturated carbocycles. The van der Waals surface area contributed by atoms with Crippen molar-refractivity contribution in [2.75, 3.05) is 16.4 Å². The minimum Gasteiger partial charge on any atom is -0.307 e. The molecule has 1 saturated heterocycles. The van der Waals surface area contributed by atoms with Crippen molar-refractivity contribution >= 4 is 27.1 Å². The number of anilines is 1. The lowest BCUT2D eigenvalue weighted by atomic mass is 10.2. The van der Waals surface area contributed by atoms with Gasteiger partial charge in [0.15, 0.2) is 15.5 Å². The maximum Gasteiger partial charge on any atom is 0.350 e. The molecule has 1 aliphatic rings. The highest BCUT2D eigenvalue weighted by Crippen LogP contribution is 2.24. The summed E-state index contributed by atoms with van der Waals surface area (Å²) >= 11 is 0. The van der Waals surface area contributed by atoms with Gasteiger partial charge in [0, 0.05) is 11.9 Å². The molecule has 4 rings (SSSR count). The van der Waals surface area contributed by atoms with E-state index in [1.165, 1.54) is 9.30 Å². The first-order valence-electron chi connectivity index (χ1n) is 8.56. The summed E-state index contributed by atoms with van der Waals surface area (Å²) < 4.78 is 26.3. The Balaban J connectivity index is 1.68. The predicted molar refractivity (Wildman–Crippen MR) is 100 cm³/mol. The number of carbonyl (C=O) groups is 1. The zero-order chi connectivity index (χ0) is 19.0. The van der Waals surface area contributed by atoms with Crippen molar-refractivity contribution in [1.82, 2.24) is 14.2 Å². The number of sulfone groups is 1. The third-order valence-electron chi connectivity index (χ3n) is 4.65. The summed E-state index contributed by atoms with van der Waals surface area (Å²) in [6.07, 6.45) is 1.97. The van der Waals surface area contributed by atoms with Gasteiger partial charge in [-0.15, -0.1) is 5.10 Å². The number of benzene rings is 1. The number of para-hydroxylation sites is 1. The van der Waals surface area contributed by atoms with E-state index in [1.54, 1.807) is 48.7 Å². The van der Waals surface area contributed by atoms with Crippen LogP contribution in [0.15, 0.2) is 59.5 Å². The first-order valence-corrected chi connectivity index (χ1v) is 10.4. The Hall–Kier alpha value is -2.94. The molecule has 2 aromatic heterocycles. The molecule has 0 aliphatic carbocycles. The number of amides is 1. The van der Waals surface area contributed by atoms with Gasteiger partial charge >= 0.3 is 5.69 Å². The van der Waals surface area contributed by atoms with Crippen LogP contribution in [-0.2, 0) is 21.2 Å². The lowest BCUT2D eigenvalue weighted by Gasteiger charge is -2.28. The lowest BCUT2D eigenvalue weighted by molar-refractivity contribution is -0.119. The molecular weight excluding hydrogens is 368 g/mol. The molecule has 8 nitrogen and oxygen atoms in total. The molecule has 1 fully saturated rings. The van der Waals surface area contributed by atoms with E-state index in [9.17, 15) is 18.0 Å². The van der Waals surface area contributed by atoms with Crippen molar-refractivity contribution in [3.63, 3.8) is 0 Å². The summed E-state index contributed by atoms with van der Waals surface area (Å²) in [5, 5.41) is 4.18. The number of pyridine rings is 1. The molecular formula is C18H18N4O4S. The van der Waals surface area contributed by atoms with E-state index in [1.807, 2.05) is 6.07 Å². The van der Waals surface area contributed by atoms with Gasteiger partial charge in [0.2, 0.25) is 5.91 Å². The summed E-state index contributed by atoms with van der Waals surface area (Å²) in [4.78, 5) is 27.0. The standard InChI is InChI=1S/C18H18N4O4S/c23-17(12-21-18(24)20-10-5-4-8-16(20)19-21)22(14-6-2-1-3-7-14)15-9-11-27(25,26)13-15/h1-8,10,15H,9,11-13H2. The van der Waals surface area contributed by atoms with Gasteiger partial charge in [0.25, 0.3) is 0 Å². The van der Waals surface area contributed by atoms with Gasteiger partial charge in [-0.2, -0.15) is 0 Å². The molecule has 0 bridgehead atoms. The number of aromatic nitrogens is 3. The maximum absolute atomic E-state index is 13.1. The van der Waals surface area contributed by atoms with Gasteiger partial charge in [-0.05, 0) is 30.7 Å². The van der Waals surface area contributed by atoms with Gasteiger partial charge < -0.3 is 4.90 Å². The summed E-state index contributed by atoms with van der Waals surface area (Å²) in [6.45, 7) is -0.258. The average molecular weight is 386 g/mol. The largest absolute Gasteiger partial charge is 0.350 e. The Morgan fingerprint density at radius 2 is 1.89 bits per heavy atom. The van der Waals surface area contributed by atoms with Crippen LogP contribution in [0, 0.1) is 0 Å². The molecule has 0 N–H and O–H groups in total. The van der Waals surface area contributed by atoms with E-state index in [4.69, 9.17) is 0 Å². The van der Waals surface area contributed by atoms with Crippen LogP contribution in [0.4, 0.5) is 5.69 Å². The summed E-state index contributed by atoms with van der Waals surface area (Å²) in [6, 6.07) is 13.6. The minimum atomic E-state index is -3.17. The predicted octanol–water partition coefficient (Wildman–Crippen LogP) is 0.716. The first kappa shape index (κ1) is 17.5. The Kier molecular flexibility index (Phi) is 4.31. The van der Waals surface area contributed by atoms with Gasteiger partial charge in [-0.25, -0.2) is 17.9 Å². The lowest BCUT2D eigenvalue weighted by Crippen LogP contribution is -2.44. The van der Waals surface area contributed by atoms with Crippen LogP contribution < -0.4 is 10.6 Å². The number of carbonyl (C=O) groups excluding carboxylic acids is 1. The summed E-state index contributed by atoms with van der Waals surface area (Å²) in [5.74, 6) is -0.384. The van der Waals surface area contributed by atoms with Crippen LogP contribution in [0.2, 0.25) is 0 Å². The van der Waals surface area contributed by atoms with Crippen LogP contribution in [0.25, 0.3) is 5.65 Å². The zero-order valence-corrected chi connectivity index (χ0v) is 15.2. The van der Waals surface area contributed by atoms with Crippen molar-refractivity contribution in [3.05, 3.63) is 65.2 Å². The third-order valence-corrected chi connectivity index (χ3v) is 6.40. The molecule has 1 amide bonds. The third kappa shape index (κ3) is 3.37. The number of rotatable bonds is 4. The fraction of sp³-hybridized carbons (Fsp3) is 0.278. The second kappa shape index (κ2) is 6.66. The fourth-order valence-electron chi connectivity index (χ4n) is 3.40. The molecule has 27 heavy (non-hydrogen) atoms. The van der Waals surface area contributed by atoms with Crippen molar-refractivity contribution < 1.29 is 13.2 Å². The van der Waals surface area contributed by atoms with Crippen molar-refractivity contribution in [2.24, 2.45) is 0 Å². The van der Waals surface area contributed by atoms with Crippen LogP contribution in [-0.4, -0.2) is 46.1 Å². The number of fused-ring (bicyclic) bond motifs is 1.